The number of carbonyl (C=O) groups excluding carboxylic acids is 3. The predicted molar refractivity (Wildman–Crippen MR) is 153 cm³/mol. The number of aliphatic hydroxyl groups excluding tert-OH is 1. The summed E-state index contributed by atoms with van der Waals surface area (Å²) in [6.45, 7) is 0.796. The van der Waals surface area contributed by atoms with Gasteiger partial charge in [-0.3, -0.25) is 19.2 Å². The molecule has 220 valence electrons. The number of aliphatic hydroxyl groups is 1. The van der Waals surface area contributed by atoms with Crippen molar-refractivity contribution in [2.75, 3.05) is 19.8 Å². The van der Waals surface area contributed by atoms with Gasteiger partial charge in [-0.2, -0.15) is 0 Å². The van der Waals surface area contributed by atoms with Crippen molar-refractivity contribution in [2.24, 2.45) is 5.92 Å². The van der Waals surface area contributed by atoms with Gasteiger partial charge in [-0.25, -0.2) is 0 Å². The number of aliphatic carboxylic acids is 1. The van der Waals surface area contributed by atoms with Crippen LogP contribution >= 0.6 is 0 Å². The van der Waals surface area contributed by atoms with Crippen LogP contribution < -0.4 is 15.4 Å². The normalized spacial score (nSPS) is 16.3. The van der Waals surface area contributed by atoms with Gasteiger partial charge in [0.15, 0.2) is 0 Å². The Morgan fingerprint density at radius 3 is 2.61 bits per heavy atom. The predicted octanol–water partition coefficient (Wildman–Crippen LogP) is 2.60. The van der Waals surface area contributed by atoms with Crippen LogP contribution in [0.5, 0.6) is 5.75 Å². The van der Waals surface area contributed by atoms with E-state index in [0.717, 1.165) is 11.1 Å². The summed E-state index contributed by atoms with van der Waals surface area (Å²) >= 11 is 0. The molecule has 1 aliphatic rings. The number of ether oxygens (including phenoxy) is 1. The maximum absolute atomic E-state index is 13.3. The fraction of sp³-hybridized carbons (Fsp3) is 0.419. The Morgan fingerprint density at radius 2 is 1.85 bits per heavy atom. The number of aryl methyl sites for hydroxylation is 2. The highest BCUT2D eigenvalue weighted by atomic mass is 16.5. The van der Waals surface area contributed by atoms with Gasteiger partial charge in [0.2, 0.25) is 11.8 Å². The van der Waals surface area contributed by atoms with Crippen molar-refractivity contribution in [3.05, 3.63) is 78.1 Å². The quantitative estimate of drug-likeness (QED) is 0.328. The highest BCUT2D eigenvalue weighted by Gasteiger charge is 2.27. The molecular formula is C31H39N3O7. The maximum Gasteiger partial charge on any atom is 0.304 e. The summed E-state index contributed by atoms with van der Waals surface area (Å²) < 4.78 is 7.26. The molecule has 0 saturated carbocycles. The molecule has 1 unspecified atom stereocenters. The van der Waals surface area contributed by atoms with E-state index < -0.39 is 29.7 Å². The van der Waals surface area contributed by atoms with E-state index in [1.165, 1.54) is 0 Å². The van der Waals surface area contributed by atoms with Crippen LogP contribution in [0.2, 0.25) is 0 Å². The van der Waals surface area contributed by atoms with Crippen LogP contribution in [0, 0.1) is 5.92 Å². The third-order valence-electron chi connectivity index (χ3n) is 6.77. The highest BCUT2D eigenvalue weighted by Crippen LogP contribution is 2.18. The number of hydrogen-bond donors (Lipinski definition) is 4. The Balaban J connectivity index is 1.73. The molecule has 10 nitrogen and oxygen atoms in total. The van der Waals surface area contributed by atoms with Crippen LogP contribution in [-0.4, -0.2) is 64.1 Å². The number of benzene rings is 1. The molecule has 2 heterocycles. The molecule has 2 bridgehead atoms. The topological polar surface area (TPSA) is 147 Å². The second-order valence-corrected chi connectivity index (χ2v) is 10.0. The number of nitrogens with one attached hydrogen (secondary N) is 2. The van der Waals surface area contributed by atoms with E-state index in [1.807, 2.05) is 59.4 Å². The van der Waals surface area contributed by atoms with Gasteiger partial charge in [-0.1, -0.05) is 36.4 Å². The molecule has 1 aliphatic heterocycles. The standard InChI is InChI=1S/C31H39N3O7/c35-18-19-41-27-11-9-23(10-12-27)7-5-8-25(21-29(37)38)30(39)33-28-20-24-6-3-1-2-4-16-34(22-24)17-14-26(36)13-15-32-31(28)40/h1-4,6,9-12,16,22,25,28,35H,5,7-8,13-15,17-21H2,(H,32,40)(H,33,39)(H,37,38)/t25-,28?/m1/s1. The van der Waals surface area contributed by atoms with Crippen molar-refractivity contribution >= 4 is 23.6 Å². The lowest BCUT2D eigenvalue weighted by molar-refractivity contribution is -0.141. The van der Waals surface area contributed by atoms with Crippen LogP contribution in [0.4, 0.5) is 0 Å². The first-order chi connectivity index (χ1) is 19.8. The minimum absolute atomic E-state index is 0.0228. The minimum atomic E-state index is -1.09. The number of ketones is 1. The fourth-order valence-electron chi connectivity index (χ4n) is 4.59. The van der Waals surface area contributed by atoms with E-state index in [0.29, 0.717) is 38.0 Å². The van der Waals surface area contributed by atoms with E-state index in [4.69, 9.17) is 9.84 Å². The monoisotopic (exact) mass is 565 g/mol. The van der Waals surface area contributed by atoms with E-state index in [2.05, 4.69) is 10.6 Å². The number of carboxylic acid groups (broad SMARTS) is 1. The van der Waals surface area contributed by atoms with E-state index in [-0.39, 0.29) is 44.8 Å². The summed E-state index contributed by atoms with van der Waals surface area (Å²) in [6, 6.07) is 15.7. The van der Waals surface area contributed by atoms with Gasteiger partial charge in [0.05, 0.1) is 13.0 Å². The number of carboxylic acids is 1. The molecule has 2 aromatic rings. The van der Waals surface area contributed by atoms with Crippen LogP contribution in [0.25, 0.3) is 0 Å². The van der Waals surface area contributed by atoms with E-state index in [9.17, 15) is 24.3 Å². The molecule has 1 aromatic carbocycles. The zero-order valence-electron chi connectivity index (χ0n) is 23.2. The number of carbonyl (C=O) groups is 4. The second kappa shape index (κ2) is 16.8. The summed E-state index contributed by atoms with van der Waals surface area (Å²) in [7, 11) is 0. The summed E-state index contributed by atoms with van der Waals surface area (Å²) in [6.07, 6.45) is 5.63. The second-order valence-electron chi connectivity index (χ2n) is 10.0. The lowest BCUT2D eigenvalue weighted by Crippen LogP contribution is -2.50. The van der Waals surface area contributed by atoms with Crippen molar-refractivity contribution in [2.45, 2.75) is 57.5 Å². The molecule has 0 radical (unpaired) electrons. The fourth-order valence-corrected chi connectivity index (χ4v) is 4.59. The van der Waals surface area contributed by atoms with Crippen LogP contribution in [0.15, 0.2) is 67.0 Å². The summed E-state index contributed by atoms with van der Waals surface area (Å²) in [5, 5.41) is 23.9. The molecule has 4 N–H and O–H groups in total. The SMILES string of the molecule is O=C(O)C[C@@H](CCCc1ccc(OCCO)cc1)C(=O)NC1Cc2ccccccn(c2)CCC(=O)CCNC1=O. The summed E-state index contributed by atoms with van der Waals surface area (Å²) in [5.41, 5.74) is 1.78. The van der Waals surface area contributed by atoms with Gasteiger partial charge in [-0.15, -0.1) is 0 Å². The van der Waals surface area contributed by atoms with Gasteiger partial charge in [0.1, 0.15) is 24.2 Å². The Morgan fingerprint density at radius 1 is 1.07 bits per heavy atom. The molecule has 10 heteroatoms. The first-order valence-corrected chi connectivity index (χ1v) is 14.0. The largest absolute Gasteiger partial charge is 0.491 e. The maximum atomic E-state index is 13.3. The molecule has 2 amide bonds. The van der Waals surface area contributed by atoms with Gasteiger partial charge >= 0.3 is 5.97 Å². The minimum Gasteiger partial charge on any atom is -0.491 e. The molecule has 1 aromatic heterocycles. The lowest BCUT2D eigenvalue weighted by atomic mass is 9.95. The molecule has 0 aliphatic carbocycles. The van der Waals surface area contributed by atoms with Crippen molar-refractivity contribution < 1.29 is 34.1 Å². The zero-order valence-corrected chi connectivity index (χ0v) is 23.2. The number of rotatable bonds is 11. The first kappa shape index (κ1) is 31.3. The molecular weight excluding hydrogens is 526 g/mol. The van der Waals surface area contributed by atoms with Crippen LogP contribution in [-0.2, 0) is 38.6 Å². The molecule has 3 rings (SSSR count). The highest BCUT2D eigenvalue weighted by molar-refractivity contribution is 5.90. The number of hydrogen-bond acceptors (Lipinski definition) is 6. The number of amides is 2. The van der Waals surface area contributed by atoms with Crippen molar-refractivity contribution in [3.8, 4) is 5.75 Å². The Kier molecular flexibility index (Phi) is 12.9. The average molecular weight is 566 g/mol. The molecule has 0 spiro atoms. The van der Waals surface area contributed by atoms with Crippen LogP contribution in [0.1, 0.15) is 43.2 Å². The number of Topliss-reactive ketones (excluding diaryl/α,β-unsaturated/α-hetero) is 1. The van der Waals surface area contributed by atoms with Crippen molar-refractivity contribution in [3.63, 3.8) is 0 Å². The smallest absolute Gasteiger partial charge is 0.304 e. The van der Waals surface area contributed by atoms with Crippen molar-refractivity contribution in [1.29, 1.82) is 0 Å². The number of fused-ring (bicyclic) bond motifs is 2. The van der Waals surface area contributed by atoms with Gasteiger partial charge in [-0.05, 0) is 48.6 Å². The Bertz CT molecular complexity index is 1220. The number of aromatic nitrogens is 1. The molecule has 41 heavy (non-hydrogen) atoms. The third kappa shape index (κ3) is 11.4. The summed E-state index contributed by atoms with van der Waals surface area (Å²) in [4.78, 5) is 50.4. The van der Waals surface area contributed by atoms with Crippen molar-refractivity contribution in [1.82, 2.24) is 15.2 Å². The van der Waals surface area contributed by atoms with Crippen LogP contribution in [0.3, 0.4) is 0 Å². The molecule has 2 atom stereocenters. The van der Waals surface area contributed by atoms with Gasteiger partial charge in [0.25, 0.3) is 0 Å². The Labute approximate surface area is 240 Å². The third-order valence-corrected chi connectivity index (χ3v) is 6.77. The Hall–Kier alpha value is -4.18. The van der Waals surface area contributed by atoms with E-state index >= 15 is 0 Å². The summed E-state index contributed by atoms with van der Waals surface area (Å²) in [5.74, 6) is -2.15. The van der Waals surface area contributed by atoms with Gasteiger partial charge < -0.3 is 30.2 Å². The zero-order chi connectivity index (χ0) is 29.5. The average Bonchev–Trinajstić information content (AvgIpc) is 3.06. The van der Waals surface area contributed by atoms with Gasteiger partial charge in [0, 0.05) is 50.7 Å². The first-order valence-electron chi connectivity index (χ1n) is 14.0. The molecule has 0 saturated heterocycles. The molecule has 0 fully saturated rings. The number of nitrogens with zero attached hydrogens (tertiary/aromatic N) is 1. The van der Waals surface area contributed by atoms with E-state index in [1.54, 1.807) is 12.1 Å². The lowest BCUT2D eigenvalue weighted by Gasteiger charge is -2.22.